The molecule has 0 aromatic heterocycles. The van der Waals surface area contributed by atoms with Gasteiger partial charge in [-0.2, -0.15) is 0 Å². The Morgan fingerprint density at radius 3 is 2.38 bits per heavy atom. The third-order valence-corrected chi connectivity index (χ3v) is 3.34. The Kier molecular flexibility index (Phi) is 2.95. The number of carbonyl (C=O) groups is 2. The molecule has 0 bridgehead atoms. The molecule has 0 saturated heterocycles. The van der Waals surface area contributed by atoms with E-state index >= 15 is 0 Å². The SMILES string of the molecule is O=C1C=CC(=O)C(c2cccc3c([N+](=O)[O-])cccc23)=C1. The highest BCUT2D eigenvalue weighted by Crippen LogP contribution is 2.32. The molecule has 0 aliphatic heterocycles. The number of fused-ring (bicyclic) bond motifs is 1. The van der Waals surface area contributed by atoms with E-state index in [4.69, 9.17) is 0 Å². The fraction of sp³-hybridized carbons (Fsp3) is 0. The number of benzene rings is 2. The van der Waals surface area contributed by atoms with Crippen LogP contribution in [0.3, 0.4) is 0 Å². The molecule has 0 unspecified atom stereocenters. The fourth-order valence-electron chi connectivity index (χ4n) is 2.41. The number of non-ortho nitro benzene ring substituents is 1. The first kappa shape index (κ1) is 12.9. The first-order valence-electron chi connectivity index (χ1n) is 6.22. The fourth-order valence-corrected chi connectivity index (χ4v) is 2.41. The lowest BCUT2D eigenvalue weighted by molar-refractivity contribution is -0.383. The monoisotopic (exact) mass is 279 g/mol. The molecule has 3 rings (SSSR count). The lowest BCUT2D eigenvalue weighted by Gasteiger charge is -2.10. The average Bonchev–Trinajstić information content (AvgIpc) is 2.48. The topological polar surface area (TPSA) is 77.3 Å². The van der Waals surface area contributed by atoms with Crippen molar-refractivity contribution in [2.45, 2.75) is 0 Å². The van der Waals surface area contributed by atoms with E-state index in [1.54, 1.807) is 30.3 Å². The standard InChI is InChI=1S/C16H9NO4/c18-10-7-8-16(19)14(9-10)12-3-1-5-13-11(12)4-2-6-15(13)17(20)21/h1-9H. The summed E-state index contributed by atoms with van der Waals surface area (Å²) in [5.74, 6) is -0.555. The van der Waals surface area contributed by atoms with Crippen molar-refractivity contribution in [3.05, 3.63) is 70.3 Å². The van der Waals surface area contributed by atoms with E-state index in [0.717, 1.165) is 0 Å². The van der Waals surface area contributed by atoms with Gasteiger partial charge in [-0.05, 0) is 35.2 Å². The van der Waals surface area contributed by atoms with E-state index in [1.807, 2.05) is 0 Å². The van der Waals surface area contributed by atoms with E-state index in [2.05, 4.69) is 0 Å². The highest BCUT2D eigenvalue weighted by Gasteiger charge is 2.19. The van der Waals surface area contributed by atoms with Crippen molar-refractivity contribution in [2.75, 3.05) is 0 Å². The maximum Gasteiger partial charge on any atom is 0.277 e. The van der Waals surface area contributed by atoms with Crippen LogP contribution in [0, 0.1) is 10.1 Å². The predicted molar refractivity (Wildman–Crippen MR) is 77.7 cm³/mol. The number of nitro benzene ring substituents is 1. The number of hydrogen-bond donors (Lipinski definition) is 0. The van der Waals surface area contributed by atoms with Crippen molar-refractivity contribution in [2.24, 2.45) is 0 Å². The van der Waals surface area contributed by atoms with Gasteiger partial charge in [-0.3, -0.25) is 19.7 Å². The third-order valence-electron chi connectivity index (χ3n) is 3.34. The number of hydrogen-bond acceptors (Lipinski definition) is 4. The van der Waals surface area contributed by atoms with Gasteiger partial charge < -0.3 is 0 Å². The maximum absolute atomic E-state index is 12.0. The van der Waals surface area contributed by atoms with E-state index in [0.29, 0.717) is 16.3 Å². The van der Waals surface area contributed by atoms with Crippen molar-refractivity contribution in [1.29, 1.82) is 0 Å². The molecule has 21 heavy (non-hydrogen) atoms. The molecule has 5 nitrogen and oxygen atoms in total. The van der Waals surface area contributed by atoms with Crippen molar-refractivity contribution in [1.82, 2.24) is 0 Å². The predicted octanol–water partition coefficient (Wildman–Crippen LogP) is 2.84. The van der Waals surface area contributed by atoms with Crippen LogP contribution in [0.2, 0.25) is 0 Å². The smallest absolute Gasteiger partial charge is 0.277 e. The van der Waals surface area contributed by atoms with E-state index in [9.17, 15) is 19.7 Å². The summed E-state index contributed by atoms with van der Waals surface area (Å²) in [7, 11) is 0. The van der Waals surface area contributed by atoms with Crippen molar-refractivity contribution in [3.8, 4) is 0 Å². The Hall–Kier alpha value is -3.08. The zero-order valence-electron chi connectivity index (χ0n) is 10.8. The molecule has 0 fully saturated rings. The summed E-state index contributed by atoms with van der Waals surface area (Å²) in [6.07, 6.45) is 3.68. The van der Waals surface area contributed by atoms with Gasteiger partial charge in [0.25, 0.3) is 5.69 Å². The molecule has 0 N–H and O–H groups in total. The molecule has 0 atom stereocenters. The second-order valence-corrected chi connectivity index (χ2v) is 4.59. The van der Waals surface area contributed by atoms with Gasteiger partial charge in [0.1, 0.15) is 0 Å². The van der Waals surface area contributed by atoms with Crippen LogP contribution in [0.25, 0.3) is 16.3 Å². The summed E-state index contributed by atoms with van der Waals surface area (Å²) >= 11 is 0. The Labute approximate surface area is 119 Å². The van der Waals surface area contributed by atoms with Gasteiger partial charge in [-0.15, -0.1) is 0 Å². The number of nitro groups is 1. The Morgan fingerprint density at radius 1 is 0.905 bits per heavy atom. The molecule has 1 aliphatic rings. The molecule has 0 saturated carbocycles. The molecular weight excluding hydrogens is 270 g/mol. The highest BCUT2D eigenvalue weighted by molar-refractivity contribution is 6.35. The van der Waals surface area contributed by atoms with Crippen LogP contribution in [0.15, 0.2) is 54.6 Å². The first-order valence-corrected chi connectivity index (χ1v) is 6.22. The van der Waals surface area contributed by atoms with E-state index in [1.165, 1.54) is 24.3 Å². The number of rotatable bonds is 2. The number of allylic oxidation sites excluding steroid dienone is 4. The molecule has 0 radical (unpaired) electrons. The number of nitrogens with zero attached hydrogens (tertiary/aromatic N) is 1. The molecule has 102 valence electrons. The molecule has 5 heteroatoms. The molecule has 0 heterocycles. The van der Waals surface area contributed by atoms with Crippen LogP contribution in [-0.2, 0) is 9.59 Å². The van der Waals surface area contributed by atoms with E-state index < -0.39 is 4.92 Å². The van der Waals surface area contributed by atoms with Crippen LogP contribution in [-0.4, -0.2) is 16.5 Å². The summed E-state index contributed by atoms with van der Waals surface area (Å²) in [5.41, 5.74) is 0.757. The van der Waals surface area contributed by atoms with Crippen LogP contribution < -0.4 is 0 Å². The van der Waals surface area contributed by atoms with Crippen molar-refractivity contribution >= 4 is 33.6 Å². The normalized spacial score (nSPS) is 14.4. The maximum atomic E-state index is 12.0. The Bertz CT molecular complexity index is 862. The Balaban J connectivity index is 2.30. The molecule has 2 aromatic carbocycles. The summed E-state index contributed by atoms with van der Waals surface area (Å²) in [6, 6.07) is 9.63. The quantitative estimate of drug-likeness (QED) is 0.481. The van der Waals surface area contributed by atoms with Gasteiger partial charge in [0.15, 0.2) is 11.6 Å². The zero-order chi connectivity index (χ0) is 15.0. The minimum absolute atomic E-state index is 0.0277. The minimum atomic E-state index is -0.464. The zero-order valence-corrected chi connectivity index (χ0v) is 10.8. The van der Waals surface area contributed by atoms with Gasteiger partial charge in [0.2, 0.25) is 0 Å². The Morgan fingerprint density at radius 2 is 1.62 bits per heavy atom. The third kappa shape index (κ3) is 2.14. The summed E-state index contributed by atoms with van der Waals surface area (Å²) < 4.78 is 0. The van der Waals surface area contributed by atoms with Gasteiger partial charge in [-0.1, -0.05) is 24.3 Å². The van der Waals surface area contributed by atoms with Gasteiger partial charge >= 0.3 is 0 Å². The van der Waals surface area contributed by atoms with Crippen LogP contribution >= 0.6 is 0 Å². The highest BCUT2D eigenvalue weighted by atomic mass is 16.6. The summed E-state index contributed by atoms with van der Waals surface area (Å²) in [6.45, 7) is 0. The molecule has 1 aliphatic carbocycles. The second kappa shape index (κ2) is 4.79. The lowest BCUT2D eigenvalue weighted by atomic mass is 9.92. The van der Waals surface area contributed by atoms with Gasteiger partial charge in [-0.25, -0.2) is 0 Å². The number of carbonyl (C=O) groups excluding carboxylic acids is 2. The van der Waals surface area contributed by atoms with E-state index in [-0.39, 0.29) is 22.8 Å². The average molecular weight is 279 g/mol. The largest absolute Gasteiger partial charge is 0.290 e. The molecule has 0 spiro atoms. The second-order valence-electron chi connectivity index (χ2n) is 4.59. The van der Waals surface area contributed by atoms with Crippen molar-refractivity contribution in [3.63, 3.8) is 0 Å². The summed E-state index contributed by atoms with van der Waals surface area (Å²) in [5, 5.41) is 12.1. The lowest BCUT2D eigenvalue weighted by Crippen LogP contribution is -2.07. The molecule has 0 amide bonds. The molecular formula is C16H9NO4. The van der Waals surface area contributed by atoms with Gasteiger partial charge in [0.05, 0.1) is 10.3 Å². The van der Waals surface area contributed by atoms with Crippen LogP contribution in [0.1, 0.15) is 5.56 Å². The van der Waals surface area contributed by atoms with Crippen LogP contribution in [0.4, 0.5) is 5.69 Å². The molecule has 2 aromatic rings. The van der Waals surface area contributed by atoms with Crippen LogP contribution in [0.5, 0.6) is 0 Å². The first-order chi connectivity index (χ1) is 10.1. The summed E-state index contributed by atoms with van der Waals surface area (Å²) in [4.78, 5) is 34.1. The van der Waals surface area contributed by atoms with Gasteiger partial charge in [0, 0.05) is 11.6 Å². The van der Waals surface area contributed by atoms with Crippen molar-refractivity contribution < 1.29 is 14.5 Å². The number of ketones is 2. The minimum Gasteiger partial charge on any atom is -0.290 e.